The van der Waals surface area contributed by atoms with Crippen molar-refractivity contribution in [2.24, 2.45) is 0 Å². The highest BCUT2D eigenvalue weighted by Crippen LogP contribution is 2.27. The first-order valence-electron chi connectivity index (χ1n) is 8.94. The number of nitrogens with one attached hydrogen (secondary N) is 1. The summed E-state index contributed by atoms with van der Waals surface area (Å²) in [5, 5.41) is 5.33. The Morgan fingerprint density at radius 2 is 2.11 bits per heavy atom. The molecule has 0 saturated carbocycles. The third kappa shape index (κ3) is 4.03. The lowest BCUT2D eigenvalue weighted by molar-refractivity contribution is -0.115. The van der Waals surface area contributed by atoms with Gasteiger partial charge in [0, 0.05) is 24.2 Å². The number of rotatable bonds is 5. The molecule has 0 atom stereocenters. The number of aryl methyl sites for hydroxylation is 1. The maximum atomic E-state index is 14.4. The molecular formula is C20H20FN3O2S. The van der Waals surface area contributed by atoms with Gasteiger partial charge in [-0.1, -0.05) is 0 Å². The number of carbonyl (C=O) groups is 1. The predicted octanol–water partition coefficient (Wildman–Crippen LogP) is 4.63. The van der Waals surface area contributed by atoms with Crippen LogP contribution in [-0.2, 0) is 11.2 Å². The zero-order chi connectivity index (χ0) is 18.8. The maximum absolute atomic E-state index is 14.4. The Kier molecular flexibility index (Phi) is 4.94. The Bertz CT molecular complexity index is 960. The molecule has 0 spiro atoms. The van der Waals surface area contributed by atoms with E-state index in [0.717, 1.165) is 36.7 Å². The fourth-order valence-electron chi connectivity index (χ4n) is 3.22. The minimum absolute atomic E-state index is 0.131. The summed E-state index contributed by atoms with van der Waals surface area (Å²) in [4.78, 5) is 18.8. The highest BCUT2D eigenvalue weighted by atomic mass is 32.1. The molecule has 27 heavy (non-hydrogen) atoms. The van der Waals surface area contributed by atoms with Gasteiger partial charge < -0.3 is 14.6 Å². The summed E-state index contributed by atoms with van der Waals surface area (Å²) in [6.07, 6.45) is 2.31. The van der Waals surface area contributed by atoms with Gasteiger partial charge in [-0.05, 0) is 50.1 Å². The number of furan rings is 1. The van der Waals surface area contributed by atoms with Crippen LogP contribution in [0.5, 0.6) is 0 Å². The van der Waals surface area contributed by atoms with E-state index in [1.807, 2.05) is 29.3 Å². The van der Waals surface area contributed by atoms with Crippen LogP contribution >= 0.6 is 11.3 Å². The van der Waals surface area contributed by atoms with Crippen LogP contribution in [0.25, 0.3) is 10.8 Å². The van der Waals surface area contributed by atoms with Gasteiger partial charge in [0.05, 0.1) is 17.8 Å². The first kappa shape index (κ1) is 17.7. The fraction of sp³-hybridized carbons (Fsp3) is 0.300. The van der Waals surface area contributed by atoms with E-state index in [9.17, 15) is 9.18 Å². The summed E-state index contributed by atoms with van der Waals surface area (Å²) in [5.41, 5.74) is 1.72. The Balaban J connectivity index is 1.39. The van der Waals surface area contributed by atoms with Gasteiger partial charge in [0.1, 0.15) is 11.6 Å². The molecule has 0 unspecified atom stereocenters. The first-order valence-corrected chi connectivity index (χ1v) is 9.82. The Morgan fingerprint density at radius 3 is 2.81 bits per heavy atom. The second kappa shape index (κ2) is 7.52. The molecular weight excluding hydrogens is 365 g/mol. The van der Waals surface area contributed by atoms with Gasteiger partial charge in [-0.15, -0.1) is 11.3 Å². The van der Waals surface area contributed by atoms with Crippen molar-refractivity contribution in [3.8, 4) is 10.8 Å². The van der Waals surface area contributed by atoms with Gasteiger partial charge in [-0.25, -0.2) is 9.37 Å². The molecule has 1 amide bonds. The average Bonchev–Trinajstić information content (AvgIpc) is 3.36. The van der Waals surface area contributed by atoms with E-state index in [1.54, 1.807) is 12.1 Å². The van der Waals surface area contributed by atoms with Crippen LogP contribution in [0.2, 0.25) is 0 Å². The van der Waals surface area contributed by atoms with Crippen LogP contribution < -0.4 is 10.2 Å². The summed E-state index contributed by atoms with van der Waals surface area (Å²) in [7, 11) is 0. The minimum atomic E-state index is -0.307. The molecule has 1 fully saturated rings. The summed E-state index contributed by atoms with van der Waals surface area (Å²) in [6.45, 7) is 3.63. The number of amides is 1. The van der Waals surface area contributed by atoms with Gasteiger partial charge >= 0.3 is 0 Å². The summed E-state index contributed by atoms with van der Waals surface area (Å²) >= 11 is 1.43. The largest absolute Gasteiger partial charge is 0.459 e. The molecule has 1 saturated heterocycles. The Labute approximate surface area is 160 Å². The van der Waals surface area contributed by atoms with Crippen molar-refractivity contribution < 1.29 is 13.6 Å². The summed E-state index contributed by atoms with van der Waals surface area (Å²) < 4.78 is 19.9. The average molecular weight is 385 g/mol. The van der Waals surface area contributed by atoms with Crippen LogP contribution in [-0.4, -0.2) is 24.0 Å². The van der Waals surface area contributed by atoms with Gasteiger partial charge in [-0.3, -0.25) is 4.79 Å². The molecule has 1 aliphatic rings. The normalized spacial score (nSPS) is 13.9. The Morgan fingerprint density at radius 1 is 1.30 bits per heavy atom. The number of carbonyl (C=O) groups excluding carboxylic acids is 1. The van der Waals surface area contributed by atoms with E-state index >= 15 is 0 Å². The van der Waals surface area contributed by atoms with Gasteiger partial charge in [0.2, 0.25) is 5.91 Å². The molecule has 3 heterocycles. The highest BCUT2D eigenvalue weighted by Gasteiger charge is 2.17. The van der Waals surface area contributed by atoms with E-state index in [2.05, 4.69) is 10.3 Å². The van der Waals surface area contributed by atoms with Crippen LogP contribution in [0.3, 0.4) is 0 Å². The van der Waals surface area contributed by atoms with Crippen LogP contribution in [0.4, 0.5) is 15.8 Å². The molecule has 4 rings (SSSR count). The molecule has 0 aliphatic carbocycles. The summed E-state index contributed by atoms with van der Waals surface area (Å²) in [6, 6.07) is 8.60. The van der Waals surface area contributed by atoms with Crippen molar-refractivity contribution in [2.45, 2.75) is 26.2 Å². The molecule has 7 heteroatoms. The number of hydrogen-bond acceptors (Lipinski definition) is 5. The van der Waals surface area contributed by atoms with Crippen molar-refractivity contribution in [1.29, 1.82) is 0 Å². The quantitative estimate of drug-likeness (QED) is 0.696. The molecule has 3 aromatic rings. The standard InChI is InChI=1S/C20H20FN3O2S/c1-13-4-7-18(26-13)20-23-15(12-27-20)11-19(25)22-14-5-6-17(16(21)10-14)24-8-2-3-9-24/h4-7,10,12H,2-3,8-9,11H2,1H3,(H,22,25). The van der Waals surface area contributed by atoms with Gasteiger partial charge in [0.25, 0.3) is 0 Å². The molecule has 0 radical (unpaired) electrons. The summed E-state index contributed by atoms with van der Waals surface area (Å²) in [5.74, 6) is 0.984. The molecule has 2 aromatic heterocycles. The van der Waals surface area contributed by atoms with Crippen molar-refractivity contribution in [3.05, 3.63) is 53.0 Å². The molecule has 1 N–H and O–H groups in total. The Hall–Kier alpha value is -2.67. The molecule has 1 aromatic carbocycles. The van der Waals surface area contributed by atoms with Crippen LogP contribution in [0.15, 0.2) is 40.1 Å². The smallest absolute Gasteiger partial charge is 0.230 e. The van der Waals surface area contributed by atoms with Crippen molar-refractivity contribution in [3.63, 3.8) is 0 Å². The predicted molar refractivity (Wildman–Crippen MR) is 105 cm³/mol. The van der Waals surface area contributed by atoms with Crippen LogP contribution in [0, 0.1) is 12.7 Å². The minimum Gasteiger partial charge on any atom is -0.459 e. The zero-order valence-electron chi connectivity index (χ0n) is 15.0. The van der Waals surface area contributed by atoms with Crippen LogP contribution in [0.1, 0.15) is 24.3 Å². The lowest BCUT2D eigenvalue weighted by Gasteiger charge is -2.18. The van der Waals surface area contributed by atoms with E-state index in [1.165, 1.54) is 17.4 Å². The van der Waals surface area contributed by atoms with E-state index in [-0.39, 0.29) is 18.1 Å². The van der Waals surface area contributed by atoms with Gasteiger partial charge in [0.15, 0.2) is 10.8 Å². The van der Waals surface area contributed by atoms with Crippen molar-refractivity contribution in [1.82, 2.24) is 4.98 Å². The molecule has 0 bridgehead atoms. The molecule has 1 aliphatic heterocycles. The molecule has 5 nitrogen and oxygen atoms in total. The number of halogens is 1. The highest BCUT2D eigenvalue weighted by molar-refractivity contribution is 7.13. The second-order valence-electron chi connectivity index (χ2n) is 6.64. The second-order valence-corrected chi connectivity index (χ2v) is 7.50. The third-order valence-corrected chi connectivity index (χ3v) is 5.43. The zero-order valence-corrected chi connectivity index (χ0v) is 15.8. The monoisotopic (exact) mass is 385 g/mol. The van der Waals surface area contributed by atoms with E-state index < -0.39 is 0 Å². The SMILES string of the molecule is Cc1ccc(-c2nc(CC(=O)Nc3ccc(N4CCCC4)c(F)c3)cs2)o1. The maximum Gasteiger partial charge on any atom is 0.230 e. The lowest BCUT2D eigenvalue weighted by atomic mass is 10.2. The first-order chi connectivity index (χ1) is 13.1. The number of thiazole rings is 1. The number of aromatic nitrogens is 1. The number of hydrogen-bond donors (Lipinski definition) is 1. The topological polar surface area (TPSA) is 58.4 Å². The third-order valence-electron chi connectivity index (χ3n) is 4.52. The number of anilines is 2. The molecule has 140 valence electrons. The van der Waals surface area contributed by atoms with E-state index in [4.69, 9.17) is 4.42 Å². The van der Waals surface area contributed by atoms with Gasteiger partial charge in [-0.2, -0.15) is 0 Å². The van der Waals surface area contributed by atoms with Crippen molar-refractivity contribution in [2.75, 3.05) is 23.3 Å². The number of benzene rings is 1. The number of nitrogens with zero attached hydrogens (tertiary/aromatic N) is 2. The van der Waals surface area contributed by atoms with Crippen molar-refractivity contribution >= 4 is 28.6 Å². The fourth-order valence-corrected chi connectivity index (χ4v) is 4.00. The lowest BCUT2D eigenvalue weighted by Crippen LogP contribution is -2.19. The van der Waals surface area contributed by atoms with E-state index in [0.29, 0.717) is 22.8 Å².